The van der Waals surface area contributed by atoms with E-state index in [4.69, 9.17) is 18.3 Å². The van der Waals surface area contributed by atoms with E-state index in [9.17, 15) is 0 Å². The molecular weight excluding hydrogens is 262 g/mol. The van der Waals surface area contributed by atoms with Gasteiger partial charge in [0.25, 0.3) is 0 Å². The van der Waals surface area contributed by atoms with Crippen LogP contribution in [-0.4, -0.2) is 61.6 Å². The van der Waals surface area contributed by atoms with Gasteiger partial charge in [0.1, 0.15) is 0 Å². The Hall–Kier alpha value is 0.0169. The summed E-state index contributed by atoms with van der Waals surface area (Å²) in [7, 11) is 5.41. The average molecular weight is 293 g/mol. The molecule has 0 saturated heterocycles. The second-order valence-corrected chi connectivity index (χ2v) is 6.88. The summed E-state index contributed by atoms with van der Waals surface area (Å²) in [5.41, 5.74) is 0. The van der Waals surface area contributed by atoms with Gasteiger partial charge in [0.2, 0.25) is 5.91 Å². The van der Waals surface area contributed by atoms with E-state index in [2.05, 4.69) is 18.7 Å². The molecule has 0 aromatic rings. The second-order valence-electron chi connectivity index (χ2n) is 4.50. The molecule has 0 aliphatic rings. The molecular formula is C13H31NO4Si. The zero-order valence-electron chi connectivity index (χ0n) is 13.4. The number of rotatable bonds is 12. The Balaban J connectivity index is 4.46. The van der Waals surface area contributed by atoms with Crippen molar-refractivity contribution >= 4 is 9.28 Å². The highest BCUT2D eigenvalue weighted by molar-refractivity contribution is 6.44. The molecule has 0 aliphatic carbocycles. The molecule has 0 saturated carbocycles. The van der Waals surface area contributed by atoms with Crippen molar-refractivity contribution in [3.63, 3.8) is 0 Å². The summed E-state index contributed by atoms with van der Waals surface area (Å²) in [5.74, 6) is -0.604. The summed E-state index contributed by atoms with van der Waals surface area (Å²) in [6.45, 7) is 6.14. The van der Waals surface area contributed by atoms with Crippen molar-refractivity contribution in [2.75, 3.05) is 41.5 Å². The fourth-order valence-electron chi connectivity index (χ4n) is 2.36. The first kappa shape index (κ1) is 19.0. The molecule has 0 radical (unpaired) electrons. The summed E-state index contributed by atoms with van der Waals surface area (Å²) in [6, 6.07) is 1.00. The van der Waals surface area contributed by atoms with Crippen LogP contribution in [-0.2, 0) is 18.3 Å². The lowest BCUT2D eigenvalue weighted by Gasteiger charge is -2.40. The van der Waals surface area contributed by atoms with Crippen LogP contribution in [0.1, 0.15) is 33.1 Å². The Labute approximate surface area is 120 Å². The molecule has 19 heavy (non-hydrogen) atoms. The molecule has 5 nitrogen and oxygen atoms in total. The van der Waals surface area contributed by atoms with Gasteiger partial charge in [0.15, 0.2) is 0 Å². The third-order valence-electron chi connectivity index (χ3n) is 3.45. The first-order valence-corrected chi connectivity index (χ1v) is 8.80. The summed E-state index contributed by atoms with van der Waals surface area (Å²) < 4.78 is 21.9. The lowest BCUT2D eigenvalue weighted by Crippen LogP contribution is -2.52. The largest absolute Gasteiger partial charge is 0.400 e. The van der Waals surface area contributed by atoms with Crippen LogP contribution in [0.3, 0.4) is 0 Å². The fraction of sp³-hybridized carbons (Fsp3) is 1.00. The number of hydrogen-bond acceptors (Lipinski definition) is 5. The van der Waals surface area contributed by atoms with Gasteiger partial charge < -0.3 is 18.3 Å². The highest BCUT2D eigenvalue weighted by Crippen LogP contribution is 2.23. The number of hydrogen-bond donors (Lipinski definition) is 0. The summed E-state index contributed by atoms with van der Waals surface area (Å²) in [4.78, 5) is 2.27. The van der Waals surface area contributed by atoms with Gasteiger partial charge >= 0.3 is 9.28 Å². The van der Waals surface area contributed by atoms with Gasteiger partial charge in [-0.3, -0.25) is 4.90 Å². The van der Waals surface area contributed by atoms with Gasteiger partial charge in [-0.1, -0.05) is 13.8 Å². The molecule has 0 fully saturated rings. The monoisotopic (exact) mass is 293 g/mol. The molecule has 0 atom stereocenters. The van der Waals surface area contributed by atoms with E-state index in [1.165, 1.54) is 0 Å². The van der Waals surface area contributed by atoms with Gasteiger partial charge in [-0.2, -0.15) is 0 Å². The van der Waals surface area contributed by atoms with Crippen LogP contribution >= 0.6 is 0 Å². The average Bonchev–Trinajstić information content (AvgIpc) is 2.46. The van der Waals surface area contributed by atoms with Crippen molar-refractivity contribution < 1.29 is 18.3 Å². The maximum absolute atomic E-state index is 5.61. The highest BCUT2D eigenvalue weighted by Gasteiger charge is 2.34. The third-order valence-corrected chi connectivity index (χ3v) is 5.38. The first-order valence-electron chi connectivity index (χ1n) is 7.04. The standard InChI is InChI=1S/C13H31NO4Si/c1-7-10-14(13(8-2,15-3)16-4)11-9-12-19(17-5)18-6/h19H,7-12H2,1-6H3. The molecule has 0 bridgehead atoms. The predicted octanol–water partition coefficient (Wildman–Crippen LogP) is 1.96. The topological polar surface area (TPSA) is 40.2 Å². The number of nitrogens with zero attached hydrogens (tertiary/aromatic N) is 1. The molecule has 0 amide bonds. The smallest absolute Gasteiger partial charge is 0.320 e. The molecule has 0 aliphatic heterocycles. The number of methoxy groups -OCH3 is 2. The maximum atomic E-state index is 5.61. The Morgan fingerprint density at radius 3 is 1.89 bits per heavy atom. The quantitative estimate of drug-likeness (QED) is 0.406. The minimum Gasteiger partial charge on any atom is -0.400 e. The van der Waals surface area contributed by atoms with Gasteiger partial charge in [-0.15, -0.1) is 0 Å². The molecule has 6 heteroatoms. The molecule has 0 unspecified atom stereocenters. The summed E-state index contributed by atoms with van der Waals surface area (Å²) in [6.07, 6.45) is 2.91. The zero-order chi connectivity index (χ0) is 14.7. The second kappa shape index (κ2) is 10.8. The summed E-state index contributed by atoms with van der Waals surface area (Å²) >= 11 is 0. The molecule has 0 spiro atoms. The normalized spacial score (nSPS) is 12.6. The molecule has 0 aromatic carbocycles. The van der Waals surface area contributed by atoms with E-state index >= 15 is 0 Å². The van der Waals surface area contributed by atoms with Crippen LogP contribution in [0.25, 0.3) is 0 Å². The molecule has 0 aromatic heterocycles. The lowest BCUT2D eigenvalue weighted by atomic mass is 10.2. The Morgan fingerprint density at radius 1 is 0.947 bits per heavy atom. The Kier molecular flexibility index (Phi) is 10.8. The van der Waals surface area contributed by atoms with Crippen LogP contribution in [0.15, 0.2) is 0 Å². The SMILES string of the molecule is CCCN(CCC[SiH](OC)OC)C(CC)(OC)OC. The zero-order valence-corrected chi connectivity index (χ0v) is 14.6. The number of ether oxygens (including phenoxy) is 2. The minimum absolute atomic E-state index is 0.604. The van der Waals surface area contributed by atoms with Gasteiger partial charge in [0, 0.05) is 47.9 Å². The van der Waals surface area contributed by atoms with Gasteiger partial charge in [0.05, 0.1) is 0 Å². The van der Waals surface area contributed by atoms with Crippen molar-refractivity contribution in [3.05, 3.63) is 0 Å². The first-order chi connectivity index (χ1) is 9.13. The van der Waals surface area contributed by atoms with Gasteiger partial charge in [-0.25, -0.2) is 0 Å². The van der Waals surface area contributed by atoms with E-state index in [1.807, 2.05) is 0 Å². The van der Waals surface area contributed by atoms with Crippen LogP contribution in [0, 0.1) is 0 Å². The van der Waals surface area contributed by atoms with Crippen LogP contribution < -0.4 is 0 Å². The van der Waals surface area contributed by atoms with Crippen LogP contribution in [0.2, 0.25) is 6.04 Å². The predicted molar refractivity (Wildman–Crippen MR) is 79.5 cm³/mol. The Bertz CT molecular complexity index is 203. The Morgan fingerprint density at radius 2 is 1.53 bits per heavy atom. The van der Waals surface area contributed by atoms with Crippen LogP contribution in [0.4, 0.5) is 0 Å². The lowest BCUT2D eigenvalue weighted by molar-refractivity contribution is -0.297. The highest BCUT2D eigenvalue weighted by atomic mass is 28.3. The molecule has 116 valence electrons. The van der Waals surface area contributed by atoms with E-state index in [0.29, 0.717) is 0 Å². The van der Waals surface area contributed by atoms with Crippen molar-refractivity contribution in [3.8, 4) is 0 Å². The van der Waals surface area contributed by atoms with E-state index in [-0.39, 0.29) is 0 Å². The van der Waals surface area contributed by atoms with Crippen molar-refractivity contribution in [2.45, 2.75) is 45.1 Å². The van der Waals surface area contributed by atoms with E-state index in [1.54, 1.807) is 28.4 Å². The maximum Gasteiger partial charge on any atom is 0.320 e. The van der Waals surface area contributed by atoms with Gasteiger partial charge in [-0.05, 0) is 18.9 Å². The van der Waals surface area contributed by atoms with E-state index < -0.39 is 15.2 Å². The molecule has 0 N–H and O–H groups in total. The fourth-order valence-corrected chi connectivity index (χ4v) is 3.54. The third kappa shape index (κ3) is 5.89. The summed E-state index contributed by atoms with van der Waals surface area (Å²) in [5, 5.41) is 0. The molecule has 0 heterocycles. The van der Waals surface area contributed by atoms with Crippen molar-refractivity contribution in [1.29, 1.82) is 0 Å². The minimum atomic E-state index is -1.46. The van der Waals surface area contributed by atoms with Crippen molar-refractivity contribution in [2.24, 2.45) is 0 Å². The van der Waals surface area contributed by atoms with E-state index in [0.717, 1.165) is 38.4 Å². The molecule has 0 rings (SSSR count). The van der Waals surface area contributed by atoms with Crippen molar-refractivity contribution in [1.82, 2.24) is 4.90 Å². The van der Waals surface area contributed by atoms with Crippen LogP contribution in [0.5, 0.6) is 0 Å².